The van der Waals surface area contributed by atoms with Gasteiger partial charge in [-0.25, -0.2) is 0 Å². The van der Waals surface area contributed by atoms with Gasteiger partial charge < -0.3 is 0 Å². The fourth-order valence-electron chi connectivity index (χ4n) is 0.705. The minimum atomic E-state index is -1.74. The monoisotopic (exact) mass is 336 g/mol. The van der Waals surface area contributed by atoms with Crippen LogP contribution >= 0.6 is 11.3 Å². The van der Waals surface area contributed by atoms with Gasteiger partial charge in [-0.1, -0.05) is 0 Å². The van der Waals surface area contributed by atoms with E-state index in [2.05, 4.69) is 31.0 Å². The molecule has 0 aliphatic heterocycles. The summed E-state index contributed by atoms with van der Waals surface area (Å²) >= 11 is 0.184. The van der Waals surface area contributed by atoms with Crippen molar-refractivity contribution in [1.82, 2.24) is 0 Å². The van der Waals surface area contributed by atoms with Gasteiger partial charge in [0.1, 0.15) is 0 Å². The van der Waals surface area contributed by atoms with E-state index in [-0.39, 0.29) is 0 Å². The van der Waals surface area contributed by atoms with Gasteiger partial charge in [0.25, 0.3) is 0 Å². The van der Waals surface area contributed by atoms with Crippen LogP contribution in [0.3, 0.4) is 0 Å². The van der Waals surface area contributed by atoms with Crippen LogP contribution in [0.5, 0.6) is 0 Å². The van der Waals surface area contributed by atoms with Crippen LogP contribution in [-0.4, -0.2) is 21.2 Å². The molecule has 0 spiro atoms. The Morgan fingerprint density at radius 2 is 2.00 bits per heavy atom. The summed E-state index contributed by atoms with van der Waals surface area (Å²) in [5.74, 6) is 0. The van der Waals surface area contributed by atoms with Crippen LogP contribution in [0.1, 0.15) is 0 Å². The molecule has 1 rings (SSSR count). The Morgan fingerprint density at radius 1 is 1.33 bits per heavy atom. The molecule has 0 nitrogen and oxygen atoms in total. The number of hydrogen-bond acceptors (Lipinski definition) is 1. The molecule has 0 saturated heterocycles. The van der Waals surface area contributed by atoms with Crippen LogP contribution in [-0.2, 0) is 0 Å². The molecule has 0 unspecified atom stereocenters. The van der Waals surface area contributed by atoms with Gasteiger partial charge in [-0.15, -0.1) is 0 Å². The zero-order valence-corrected chi connectivity index (χ0v) is 10.8. The molecule has 0 aliphatic rings. The second-order valence-corrected chi connectivity index (χ2v) is 25.2. The Balaban J connectivity index is 2.90. The van der Waals surface area contributed by atoms with Crippen molar-refractivity contribution in [3.05, 3.63) is 17.5 Å². The van der Waals surface area contributed by atoms with Gasteiger partial charge in [-0.05, 0) is 0 Å². The molecule has 0 aliphatic carbocycles. The van der Waals surface area contributed by atoms with Crippen molar-refractivity contribution in [2.75, 3.05) is 0 Å². The molecule has 0 amide bonds. The first-order valence-corrected chi connectivity index (χ1v) is 17.6. The van der Waals surface area contributed by atoms with Gasteiger partial charge in [-0.3, -0.25) is 0 Å². The molecule has 0 atom stereocenters. The van der Waals surface area contributed by atoms with Crippen LogP contribution in [0.15, 0.2) is 17.5 Å². The van der Waals surface area contributed by atoms with E-state index in [0.29, 0.717) is 0 Å². The predicted octanol–water partition coefficient (Wildman–Crippen LogP) is 2.29. The maximum absolute atomic E-state index is 2.46. The third kappa shape index (κ3) is 2.04. The molecule has 0 aromatic carbocycles. The van der Waals surface area contributed by atoms with Crippen molar-refractivity contribution >= 4 is 34.9 Å². The average Bonchev–Trinajstić information content (AvgIpc) is 2.08. The molecule has 50 valence electrons. The van der Waals surface area contributed by atoms with Crippen molar-refractivity contribution in [2.45, 2.75) is 13.4 Å². The van der Waals surface area contributed by atoms with Gasteiger partial charge in [0.2, 0.25) is 0 Å². The minimum absolute atomic E-state index is 1.68. The third-order valence-corrected chi connectivity index (χ3v) is 15.1. The molecular weight excluding hydrogens is 323 g/mol. The van der Waals surface area contributed by atoms with E-state index in [9.17, 15) is 0 Å². The molecule has 2 heteroatoms. The van der Waals surface area contributed by atoms with Gasteiger partial charge in [-0.2, -0.15) is 0 Å². The van der Waals surface area contributed by atoms with Crippen LogP contribution < -0.4 is 2.44 Å². The van der Waals surface area contributed by atoms with E-state index in [1.54, 1.807) is 2.44 Å². The van der Waals surface area contributed by atoms with Crippen LogP contribution in [0, 0.1) is 0 Å². The Morgan fingerprint density at radius 3 is 2.22 bits per heavy atom. The summed E-state index contributed by atoms with van der Waals surface area (Å²) in [5, 5.41) is 2.18. The van der Waals surface area contributed by atoms with Crippen molar-refractivity contribution in [2.24, 2.45) is 0 Å². The van der Waals surface area contributed by atoms with E-state index < -0.39 is 21.2 Å². The van der Waals surface area contributed by atoms with E-state index in [1.807, 2.05) is 11.3 Å². The molecule has 0 fully saturated rings. The van der Waals surface area contributed by atoms with Gasteiger partial charge >= 0.3 is 65.9 Å². The second kappa shape index (κ2) is 2.70. The Hall–Kier alpha value is 0.622. The summed E-state index contributed by atoms with van der Waals surface area (Å²) in [5.41, 5.74) is 0. The standard InChI is InChI=1S/C4H3S.3CH3.Pb/c1-2-4-5-3-1;;;;/h1-3H;3*1H3;. The number of rotatable bonds is 1. The Kier molecular flexibility index (Phi) is 2.32. The van der Waals surface area contributed by atoms with Crippen LogP contribution in [0.25, 0.3) is 0 Å². The quantitative estimate of drug-likeness (QED) is 0.691. The Bertz CT molecular complexity index is 171. The summed E-state index contributed by atoms with van der Waals surface area (Å²) in [6.45, 7) is 0. The fraction of sp³-hybridized carbons (Fsp3) is 0.429. The van der Waals surface area contributed by atoms with Crippen molar-refractivity contribution in [1.29, 1.82) is 0 Å². The second-order valence-electron chi connectivity index (χ2n) is 3.23. The molecule has 1 heterocycles. The SMILES string of the molecule is [CH3][Pb]([CH3])([CH3])[c]1cccs1. The van der Waals surface area contributed by atoms with Crippen molar-refractivity contribution in [3.63, 3.8) is 0 Å². The zero-order chi connectivity index (χ0) is 6.91. The first kappa shape index (κ1) is 7.73. The number of thiophene rings is 1. The van der Waals surface area contributed by atoms with E-state index >= 15 is 0 Å². The molecule has 0 saturated carbocycles. The van der Waals surface area contributed by atoms with Gasteiger partial charge in [0.05, 0.1) is 0 Å². The zero-order valence-electron chi connectivity index (χ0n) is 6.14. The molecule has 1 aromatic heterocycles. The molecule has 9 heavy (non-hydrogen) atoms. The predicted molar refractivity (Wildman–Crippen MR) is 47.3 cm³/mol. The molecule has 0 radical (unpaired) electrons. The normalized spacial score (nSPS) is 11.9. The summed E-state index contributed by atoms with van der Waals surface area (Å²) < 4.78 is 9.05. The average molecular weight is 335 g/mol. The van der Waals surface area contributed by atoms with Crippen LogP contribution in [0.4, 0.5) is 0 Å². The summed E-state index contributed by atoms with van der Waals surface area (Å²) in [6, 6.07) is 4.44. The van der Waals surface area contributed by atoms with Crippen molar-refractivity contribution < 1.29 is 0 Å². The van der Waals surface area contributed by atoms with Crippen LogP contribution in [0.2, 0.25) is 13.4 Å². The first-order chi connectivity index (χ1) is 4.11. The Labute approximate surface area is 65.6 Å². The van der Waals surface area contributed by atoms with E-state index in [0.717, 1.165) is 0 Å². The summed E-state index contributed by atoms with van der Waals surface area (Å²) in [6.07, 6.45) is 0. The fourth-order valence-corrected chi connectivity index (χ4v) is 8.75. The maximum atomic E-state index is 2.46. The molecular formula is C7H12PbS. The molecule has 0 bridgehead atoms. The van der Waals surface area contributed by atoms with Gasteiger partial charge in [0.15, 0.2) is 0 Å². The third-order valence-electron chi connectivity index (χ3n) is 1.26. The van der Waals surface area contributed by atoms with Crippen molar-refractivity contribution in [3.8, 4) is 0 Å². The van der Waals surface area contributed by atoms with E-state index in [1.165, 1.54) is 0 Å². The molecule has 0 N–H and O–H groups in total. The number of hydrogen-bond donors (Lipinski definition) is 0. The van der Waals surface area contributed by atoms with E-state index in [4.69, 9.17) is 0 Å². The van der Waals surface area contributed by atoms with Gasteiger partial charge in [0, 0.05) is 0 Å². The summed E-state index contributed by atoms with van der Waals surface area (Å²) in [7, 11) is 0. The summed E-state index contributed by atoms with van der Waals surface area (Å²) in [4.78, 5) is 0. The molecule has 1 aromatic rings. The topological polar surface area (TPSA) is 0 Å². The first-order valence-electron chi connectivity index (χ1n) is 3.15.